The fraction of sp³-hybridized carbons (Fsp3) is 0.290. The van der Waals surface area contributed by atoms with Gasteiger partial charge in [0.25, 0.3) is 5.91 Å². The van der Waals surface area contributed by atoms with Gasteiger partial charge >= 0.3 is 0 Å². The lowest BCUT2D eigenvalue weighted by Gasteiger charge is -2.36. The fourth-order valence-corrected chi connectivity index (χ4v) is 5.56. The molecule has 0 N–H and O–H groups in total. The smallest absolute Gasteiger partial charge is 0.274 e. The summed E-state index contributed by atoms with van der Waals surface area (Å²) >= 11 is 12.6. The number of carbonyl (C=O) groups excluding carboxylic acids is 1. The molecule has 10 heteroatoms. The SMILES string of the molecule is Cc1c(C(=O)N(C)CCCN2CCN(c3cccc(Cl)c3Cl)CC2)nc(-c2ccccc2)n1-c1ccccc1.Cl.Cl. The highest BCUT2D eigenvalue weighted by molar-refractivity contribution is 6.43. The summed E-state index contributed by atoms with van der Waals surface area (Å²) in [5.74, 6) is 0.716. The van der Waals surface area contributed by atoms with E-state index in [1.807, 2.05) is 92.8 Å². The first-order chi connectivity index (χ1) is 18.9. The average molecular weight is 635 g/mol. The molecule has 1 aliphatic rings. The fourth-order valence-electron chi connectivity index (χ4n) is 5.14. The number of halogens is 4. The van der Waals surface area contributed by atoms with Crippen molar-refractivity contribution >= 4 is 59.6 Å². The predicted molar refractivity (Wildman–Crippen MR) is 175 cm³/mol. The Morgan fingerprint density at radius 1 is 0.878 bits per heavy atom. The third kappa shape index (κ3) is 7.37. The van der Waals surface area contributed by atoms with E-state index in [1.165, 1.54) is 0 Å². The van der Waals surface area contributed by atoms with Gasteiger partial charge in [0.2, 0.25) is 0 Å². The lowest BCUT2D eigenvalue weighted by molar-refractivity contribution is 0.0782. The van der Waals surface area contributed by atoms with Crippen molar-refractivity contribution in [2.45, 2.75) is 13.3 Å². The zero-order chi connectivity index (χ0) is 27.4. The van der Waals surface area contributed by atoms with Crippen molar-refractivity contribution in [1.82, 2.24) is 19.4 Å². The highest BCUT2D eigenvalue weighted by Gasteiger charge is 2.24. The first-order valence-electron chi connectivity index (χ1n) is 13.3. The second-order valence-corrected chi connectivity index (χ2v) is 10.7. The normalized spacial score (nSPS) is 13.3. The molecule has 0 spiro atoms. The monoisotopic (exact) mass is 633 g/mol. The lowest BCUT2D eigenvalue weighted by atomic mass is 10.2. The number of hydrogen-bond donors (Lipinski definition) is 0. The first kappa shape index (κ1) is 32.8. The van der Waals surface area contributed by atoms with E-state index in [0.717, 1.165) is 67.6 Å². The summed E-state index contributed by atoms with van der Waals surface area (Å²) < 4.78 is 2.07. The summed E-state index contributed by atoms with van der Waals surface area (Å²) in [6.45, 7) is 7.25. The number of imidazole rings is 1. The number of nitrogens with zero attached hydrogens (tertiary/aromatic N) is 5. The molecule has 5 rings (SSSR count). The number of amides is 1. The summed E-state index contributed by atoms with van der Waals surface area (Å²) in [5.41, 5.74) is 4.29. The van der Waals surface area contributed by atoms with Crippen LogP contribution >= 0.6 is 48.0 Å². The van der Waals surface area contributed by atoms with Gasteiger partial charge in [-0.15, -0.1) is 24.8 Å². The zero-order valence-electron chi connectivity index (χ0n) is 23.2. The van der Waals surface area contributed by atoms with E-state index >= 15 is 0 Å². The van der Waals surface area contributed by atoms with Crippen LogP contribution in [-0.2, 0) is 0 Å². The van der Waals surface area contributed by atoms with Crippen molar-refractivity contribution < 1.29 is 4.79 Å². The molecule has 0 aliphatic carbocycles. The molecule has 0 atom stereocenters. The highest BCUT2D eigenvalue weighted by Crippen LogP contribution is 2.33. The molecule has 4 aromatic rings. The largest absolute Gasteiger partial charge is 0.368 e. The van der Waals surface area contributed by atoms with Crippen LogP contribution in [0.25, 0.3) is 17.1 Å². The van der Waals surface area contributed by atoms with Crippen molar-refractivity contribution in [3.8, 4) is 17.1 Å². The van der Waals surface area contributed by atoms with Crippen LogP contribution in [0.3, 0.4) is 0 Å². The number of rotatable bonds is 8. The molecule has 1 saturated heterocycles. The van der Waals surface area contributed by atoms with Gasteiger partial charge in [0.05, 0.1) is 21.4 Å². The van der Waals surface area contributed by atoms with Gasteiger partial charge in [-0.1, -0.05) is 77.8 Å². The van der Waals surface area contributed by atoms with Gasteiger partial charge in [-0.05, 0) is 44.2 Å². The van der Waals surface area contributed by atoms with Crippen molar-refractivity contribution in [2.75, 3.05) is 51.2 Å². The van der Waals surface area contributed by atoms with Crippen molar-refractivity contribution in [2.24, 2.45) is 0 Å². The van der Waals surface area contributed by atoms with E-state index in [9.17, 15) is 4.79 Å². The van der Waals surface area contributed by atoms with Crippen molar-refractivity contribution in [3.05, 3.63) is 100 Å². The Labute approximate surface area is 264 Å². The Bertz CT molecular complexity index is 1420. The molecule has 1 aromatic heterocycles. The van der Waals surface area contributed by atoms with Crippen LogP contribution in [0.1, 0.15) is 22.6 Å². The Kier molecular flexibility index (Phi) is 11.9. The Balaban J connectivity index is 0.00000231. The van der Waals surface area contributed by atoms with E-state index in [-0.39, 0.29) is 30.7 Å². The Morgan fingerprint density at radius 2 is 1.51 bits per heavy atom. The molecule has 3 aromatic carbocycles. The number of para-hydroxylation sites is 1. The maximum absolute atomic E-state index is 13.5. The molecule has 6 nitrogen and oxygen atoms in total. The predicted octanol–water partition coefficient (Wildman–Crippen LogP) is 7.28. The highest BCUT2D eigenvalue weighted by atomic mass is 35.5. The van der Waals surface area contributed by atoms with E-state index < -0.39 is 0 Å². The van der Waals surface area contributed by atoms with Crippen LogP contribution in [0, 0.1) is 6.92 Å². The molecule has 2 heterocycles. The standard InChI is InChI=1S/C31H33Cl2N5O.2ClH/c1-23-29(34-30(24-11-5-3-6-12-24)38(23)25-13-7-4-8-14-25)31(39)35(2)17-10-18-36-19-21-37(22-20-36)27-16-9-15-26(32)28(27)33;;/h3-9,11-16H,10,17-22H2,1-2H3;2*1H. The second kappa shape index (κ2) is 14.9. The molecule has 0 radical (unpaired) electrons. The van der Waals surface area contributed by atoms with Crippen LogP contribution in [0.4, 0.5) is 5.69 Å². The van der Waals surface area contributed by atoms with Crippen LogP contribution in [0.15, 0.2) is 78.9 Å². The minimum atomic E-state index is -0.0558. The molecule has 1 amide bonds. The molecule has 41 heavy (non-hydrogen) atoms. The summed E-state index contributed by atoms with van der Waals surface area (Å²) in [6.07, 6.45) is 0.893. The maximum Gasteiger partial charge on any atom is 0.274 e. The van der Waals surface area contributed by atoms with Crippen molar-refractivity contribution in [3.63, 3.8) is 0 Å². The third-order valence-electron chi connectivity index (χ3n) is 7.32. The van der Waals surface area contributed by atoms with Gasteiger partial charge in [0.15, 0.2) is 0 Å². The molecule has 0 bridgehead atoms. The van der Waals surface area contributed by atoms with E-state index in [1.54, 1.807) is 4.90 Å². The first-order valence-corrected chi connectivity index (χ1v) is 14.1. The molecular formula is C31H35Cl4N5O. The maximum atomic E-state index is 13.5. The van der Waals surface area contributed by atoms with Gasteiger partial charge in [0.1, 0.15) is 11.5 Å². The number of hydrogen-bond acceptors (Lipinski definition) is 4. The molecule has 1 fully saturated rings. The van der Waals surface area contributed by atoms with Gasteiger partial charge < -0.3 is 9.80 Å². The summed E-state index contributed by atoms with van der Waals surface area (Å²) in [4.78, 5) is 24.9. The van der Waals surface area contributed by atoms with Crippen molar-refractivity contribution in [1.29, 1.82) is 0 Å². The Morgan fingerprint density at radius 3 is 2.17 bits per heavy atom. The van der Waals surface area contributed by atoms with Gasteiger partial charge in [0, 0.05) is 51.0 Å². The van der Waals surface area contributed by atoms with Crippen LogP contribution in [0.5, 0.6) is 0 Å². The molecular weight excluding hydrogens is 600 g/mol. The Hall–Kier alpha value is -2.74. The summed E-state index contributed by atoms with van der Waals surface area (Å²) in [7, 11) is 1.87. The average Bonchev–Trinajstić information content (AvgIpc) is 3.32. The van der Waals surface area contributed by atoms with E-state index in [0.29, 0.717) is 22.3 Å². The number of aromatic nitrogens is 2. The second-order valence-electron chi connectivity index (χ2n) is 9.89. The molecule has 0 saturated carbocycles. The van der Waals surface area contributed by atoms with Crippen LogP contribution in [-0.4, -0.2) is 71.6 Å². The van der Waals surface area contributed by atoms with Gasteiger partial charge in [-0.25, -0.2) is 4.98 Å². The number of carbonyl (C=O) groups is 1. The number of piperazine rings is 1. The van der Waals surface area contributed by atoms with Crippen LogP contribution < -0.4 is 4.90 Å². The number of benzene rings is 3. The molecule has 1 aliphatic heterocycles. The van der Waals surface area contributed by atoms with Crippen LogP contribution in [0.2, 0.25) is 10.0 Å². The zero-order valence-corrected chi connectivity index (χ0v) is 26.3. The quantitative estimate of drug-likeness (QED) is 0.204. The topological polar surface area (TPSA) is 44.6 Å². The van der Waals surface area contributed by atoms with Gasteiger partial charge in [-0.2, -0.15) is 0 Å². The third-order valence-corrected chi connectivity index (χ3v) is 8.12. The summed E-state index contributed by atoms with van der Waals surface area (Å²) in [5, 5.41) is 1.21. The molecule has 0 unspecified atom stereocenters. The van der Waals surface area contributed by atoms with E-state index in [4.69, 9.17) is 28.2 Å². The number of anilines is 1. The molecule has 218 valence electrons. The lowest BCUT2D eigenvalue weighted by Crippen LogP contribution is -2.47. The minimum Gasteiger partial charge on any atom is -0.368 e. The summed E-state index contributed by atoms with van der Waals surface area (Å²) in [6, 6.07) is 25.9. The van der Waals surface area contributed by atoms with E-state index in [2.05, 4.69) is 14.4 Å². The minimum absolute atomic E-state index is 0. The van der Waals surface area contributed by atoms with Gasteiger partial charge in [-0.3, -0.25) is 14.3 Å².